The summed E-state index contributed by atoms with van der Waals surface area (Å²) < 4.78 is 1.03. The Labute approximate surface area is 139 Å². The van der Waals surface area contributed by atoms with E-state index >= 15 is 0 Å². The third-order valence-corrected chi connectivity index (χ3v) is 5.08. The molecular formula is C17H21BrN2S. The van der Waals surface area contributed by atoms with Crippen molar-refractivity contribution in [2.75, 3.05) is 12.3 Å². The number of halogens is 1. The third-order valence-electron chi connectivity index (χ3n) is 3.27. The van der Waals surface area contributed by atoms with E-state index in [1.54, 1.807) is 0 Å². The molecule has 0 fully saturated rings. The molecule has 1 atom stereocenters. The van der Waals surface area contributed by atoms with Gasteiger partial charge in [0.15, 0.2) is 0 Å². The zero-order chi connectivity index (χ0) is 15.1. The van der Waals surface area contributed by atoms with E-state index in [1.807, 2.05) is 18.0 Å². The van der Waals surface area contributed by atoms with E-state index in [0.29, 0.717) is 6.04 Å². The van der Waals surface area contributed by atoms with Gasteiger partial charge in [-0.05, 0) is 53.2 Å². The van der Waals surface area contributed by atoms with Crippen LogP contribution in [0.1, 0.15) is 18.2 Å². The fourth-order valence-corrected chi connectivity index (χ4v) is 3.49. The Morgan fingerprint density at radius 2 is 2.05 bits per heavy atom. The third kappa shape index (κ3) is 5.46. The molecule has 0 bridgehead atoms. The van der Waals surface area contributed by atoms with E-state index in [0.717, 1.165) is 28.9 Å². The van der Waals surface area contributed by atoms with E-state index in [4.69, 9.17) is 0 Å². The highest BCUT2D eigenvalue weighted by Gasteiger charge is 2.10. The van der Waals surface area contributed by atoms with Gasteiger partial charge in [0.25, 0.3) is 0 Å². The minimum Gasteiger partial charge on any atom is -0.313 e. The van der Waals surface area contributed by atoms with Crippen molar-refractivity contribution in [3.8, 4) is 0 Å². The summed E-state index contributed by atoms with van der Waals surface area (Å²) in [6.45, 7) is 5.30. The predicted octanol–water partition coefficient (Wildman–Crippen LogP) is 4.47. The maximum absolute atomic E-state index is 4.48. The number of hydrogen-bond donors (Lipinski definition) is 1. The van der Waals surface area contributed by atoms with Gasteiger partial charge in [-0.15, -0.1) is 11.8 Å². The van der Waals surface area contributed by atoms with Gasteiger partial charge >= 0.3 is 0 Å². The number of thioether (sulfide) groups is 1. The standard InChI is InChI=1S/C17H21BrN2S/c1-3-19-16(10-15-9-8-14(18)11-20-15)12-21-17-7-5-4-6-13(17)2/h4-9,11,16,19H,3,10,12H2,1-2H3. The Kier molecular flexibility index (Phi) is 6.74. The first-order valence-electron chi connectivity index (χ1n) is 7.21. The molecule has 0 radical (unpaired) electrons. The van der Waals surface area contributed by atoms with E-state index in [9.17, 15) is 0 Å². The second-order valence-electron chi connectivity index (χ2n) is 5.00. The van der Waals surface area contributed by atoms with Crippen LogP contribution >= 0.6 is 27.7 Å². The number of pyridine rings is 1. The topological polar surface area (TPSA) is 24.9 Å². The summed E-state index contributed by atoms with van der Waals surface area (Å²) >= 11 is 5.35. The van der Waals surface area contributed by atoms with Crippen molar-refractivity contribution in [3.05, 3.63) is 58.3 Å². The van der Waals surface area contributed by atoms with Crippen molar-refractivity contribution in [1.82, 2.24) is 10.3 Å². The first-order chi connectivity index (χ1) is 10.2. The van der Waals surface area contributed by atoms with Crippen LogP contribution in [-0.2, 0) is 6.42 Å². The first kappa shape index (κ1) is 16.5. The second-order valence-corrected chi connectivity index (χ2v) is 6.98. The highest BCUT2D eigenvalue weighted by molar-refractivity contribution is 9.10. The van der Waals surface area contributed by atoms with Gasteiger partial charge in [0, 0.05) is 39.5 Å². The highest BCUT2D eigenvalue weighted by Crippen LogP contribution is 2.23. The summed E-state index contributed by atoms with van der Waals surface area (Å²) in [5.41, 5.74) is 2.48. The van der Waals surface area contributed by atoms with Crippen LogP contribution in [0, 0.1) is 6.92 Å². The minimum atomic E-state index is 0.438. The predicted molar refractivity (Wildman–Crippen MR) is 95.0 cm³/mol. The largest absolute Gasteiger partial charge is 0.313 e. The van der Waals surface area contributed by atoms with Gasteiger partial charge in [0.05, 0.1) is 0 Å². The summed E-state index contributed by atoms with van der Waals surface area (Å²) in [7, 11) is 0. The lowest BCUT2D eigenvalue weighted by atomic mass is 10.1. The van der Waals surface area contributed by atoms with Crippen molar-refractivity contribution in [2.45, 2.75) is 31.2 Å². The average molecular weight is 365 g/mol. The SMILES string of the molecule is CCNC(CSc1ccccc1C)Cc1ccc(Br)cn1. The summed E-state index contributed by atoms with van der Waals surface area (Å²) in [6.07, 6.45) is 2.83. The highest BCUT2D eigenvalue weighted by atomic mass is 79.9. The molecule has 4 heteroatoms. The van der Waals surface area contributed by atoms with Gasteiger partial charge in [-0.25, -0.2) is 0 Å². The zero-order valence-corrected chi connectivity index (χ0v) is 14.9. The van der Waals surface area contributed by atoms with E-state index < -0.39 is 0 Å². The molecule has 1 aromatic carbocycles. The van der Waals surface area contributed by atoms with Crippen LogP contribution < -0.4 is 5.32 Å². The zero-order valence-electron chi connectivity index (χ0n) is 12.5. The number of benzene rings is 1. The van der Waals surface area contributed by atoms with E-state index in [1.165, 1.54) is 10.5 Å². The van der Waals surface area contributed by atoms with Gasteiger partial charge in [-0.1, -0.05) is 25.1 Å². The number of aromatic nitrogens is 1. The maximum atomic E-state index is 4.48. The Morgan fingerprint density at radius 3 is 2.71 bits per heavy atom. The molecule has 0 aliphatic carbocycles. The van der Waals surface area contributed by atoms with Crippen LogP contribution in [-0.4, -0.2) is 23.3 Å². The Bertz CT molecular complexity index is 557. The van der Waals surface area contributed by atoms with Crippen LogP contribution in [0.25, 0.3) is 0 Å². The molecule has 0 saturated carbocycles. The van der Waals surface area contributed by atoms with Crippen LogP contribution in [0.5, 0.6) is 0 Å². The molecule has 0 aliphatic rings. The molecular weight excluding hydrogens is 344 g/mol. The average Bonchev–Trinajstić information content (AvgIpc) is 2.49. The molecule has 112 valence electrons. The van der Waals surface area contributed by atoms with Gasteiger partial charge < -0.3 is 5.32 Å². The van der Waals surface area contributed by atoms with Crippen molar-refractivity contribution < 1.29 is 0 Å². The quantitative estimate of drug-likeness (QED) is 0.733. The molecule has 1 heterocycles. The molecule has 2 aromatic rings. The number of aryl methyl sites for hydroxylation is 1. The van der Waals surface area contributed by atoms with E-state index in [2.05, 4.69) is 76.5 Å². The van der Waals surface area contributed by atoms with Gasteiger partial charge in [-0.2, -0.15) is 0 Å². The van der Waals surface area contributed by atoms with Gasteiger partial charge in [0.1, 0.15) is 0 Å². The molecule has 0 spiro atoms. The Balaban J connectivity index is 1.95. The number of nitrogens with one attached hydrogen (secondary N) is 1. The normalized spacial score (nSPS) is 12.3. The molecule has 1 aromatic heterocycles. The summed E-state index contributed by atoms with van der Waals surface area (Å²) in [4.78, 5) is 5.84. The van der Waals surface area contributed by atoms with E-state index in [-0.39, 0.29) is 0 Å². The molecule has 2 rings (SSSR count). The molecule has 0 amide bonds. The monoisotopic (exact) mass is 364 g/mol. The van der Waals surface area contributed by atoms with Crippen molar-refractivity contribution in [1.29, 1.82) is 0 Å². The molecule has 0 saturated heterocycles. The summed E-state index contributed by atoms with van der Waals surface area (Å²) in [5.74, 6) is 1.05. The smallest absolute Gasteiger partial charge is 0.0420 e. The van der Waals surface area contributed by atoms with Crippen molar-refractivity contribution >= 4 is 27.7 Å². The Morgan fingerprint density at radius 1 is 1.24 bits per heavy atom. The van der Waals surface area contributed by atoms with Crippen LogP contribution in [0.2, 0.25) is 0 Å². The molecule has 1 N–H and O–H groups in total. The molecule has 0 aliphatic heterocycles. The number of likely N-dealkylation sites (N-methyl/N-ethyl adjacent to an activating group) is 1. The number of hydrogen-bond acceptors (Lipinski definition) is 3. The fraction of sp³-hybridized carbons (Fsp3) is 0.353. The fourth-order valence-electron chi connectivity index (χ4n) is 2.17. The lowest BCUT2D eigenvalue weighted by Crippen LogP contribution is -2.33. The molecule has 21 heavy (non-hydrogen) atoms. The lowest BCUT2D eigenvalue weighted by Gasteiger charge is -2.17. The summed E-state index contributed by atoms with van der Waals surface area (Å²) in [5, 5.41) is 3.56. The first-order valence-corrected chi connectivity index (χ1v) is 8.99. The van der Waals surface area contributed by atoms with Crippen molar-refractivity contribution in [2.24, 2.45) is 0 Å². The minimum absolute atomic E-state index is 0.438. The van der Waals surface area contributed by atoms with Gasteiger partial charge in [-0.3, -0.25) is 4.98 Å². The summed E-state index contributed by atoms with van der Waals surface area (Å²) in [6, 6.07) is 13.1. The Hall–Kier alpha value is -0.840. The molecule has 1 unspecified atom stereocenters. The molecule has 2 nitrogen and oxygen atoms in total. The second kappa shape index (κ2) is 8.57. The number of nitrogens with zero attached hydrogens (tertiary/aromatic N) is 1. The van der Waals surface area contributed by atoms with Crippen molar-refractivity contribution in [3.63, 3.8) is 0 Å². The van der Waals surface area contributed by atoms with Crippen LogP contribution in [0.3, 0.4) is 0 Å². The number of rotatable bonds is 7. The lowest BCUT2D eigenvalue weighted by molar-refractivity contribution is 0.566. The van der Waals surface area contributed by atoms with Crippen LogP contribution in [0.4, 0.5) is 0 Å². The van der Waals surface area contributed by atoms with Gasteiger partial charge in [0.2, 0.25) is 0 Å². The van der Waals surface area contributed by atoms with Crippen LogP contribution in [0.15, 0.2) is 52.0 Å². The maximum Gasteiger partial charge on any atom is 0.0420 e.